The number of hydrogen-bond acceptors (Lipinski definition) is 3. The molecule has 88 valence electrons. The first-order valence-corrected chi connectivity index (χ1v) is 5.66. The van der Waals surface area contributed by atoms with Crippen LogP contribution in [0.25, 0.3) is 0 Å². The molecule has 1 aliphatic heterocycles. The van der Waals surface area contributed by atoms with Gasteiger partial charge in [-0.15, -0.1) is 0 Å². The minimum Gasteiger partial charge on any atom is -0.422 e. The highest BCUT2D eigenvalue weighted by Gasteiger charge is 2.60. The molecule has 1 saturated heterocycles. The molecule has 0 radical (unpaired) electrons. The summed E-state index contributed by atoms with van der Waals surface area (Å²) in [5.41, 5.74) is 0.583. The van der Waals surface area contributed by atoms with E-state index in [0.717, 1.165) is 0 Å². The van der Waals surface area contributed by atoms with Crippen molar-refractivity contribution in [2.24, 2.45) is 0 Å². The summed E-state index contributed by atoms with van der Waals surface area (Å²) in [4.78, 5) is 22.5. The van der Waals surface area contributed by atoms with Crippen LogP contribution in [-0.2, 0) is 9.53 Å². The van der Waals surface area contributed by atoms with E-state index in [2.05, 4.69) is 4.74 Å². The molecule has 3 nitrogen and oxygen atoms in total. The summed E-state index contributed by atoms with van der Waals surface area (Å²) in [5.74, 6) is -0.690. The van der Waals surface area contributed by atoms with Gasteiger partial charge in [-0.1, -0.05) is 59.6 Å². The van der Waals surface area contributed by atoms with E-state index in [-0.39, 0.29) is 17.2 Å². The fourth-order valence-electron chi connectivity index (χ4n) is 1.30. The van der Waals surface area contributed by atoms with E-state index in [1.54, 1.807) is 24.3 Å². The highest BCUT2D eigenvalue weighted by Crippen LogP contribution is 2.43. The van der Waals surface area contributed by atoms with Gasteiger partial charge in [0, 0.05) is 12.0 Å². The topological polar surface area (TPSA) is 46.7 Å². The Morgan fingerprint density at radius 1 is 1.35 bits per heavy atom. The van der Waals surface area contributed by atoms with Crippen molar-refractivity contribution in [3.8, 4) is 0 Å². The molecule has 1 unspecified atom stereocenters. The molecule has 1 atom stereocenters. The van der Waals surface area contributed by atoms with E-state index in [0.29, 0.717) is 5.56 Å². The van der Waals surface area contributed by atoms with Gasteiger partial charge in [0.05, 0.1) is 5.03 Å². The fourth-order valence-corrected chi connectivity index (χ4v) is 1.64. The number of hydrogen-bond donors (Lipinski definition) is 0. The summed E-state index contributed by atoms with van der Waals surface area (Å²) < 4.78 is 4.52. The van der Waals surface area contributed by atoms with E-state index in [9.17, 15) is 9.59 Å². The zero-order valence-electron chi connectivity index (χ0n) is 8.65. The molecular weight excluding hydrogens is 263 g/mol. The van der Waals surface area contributed by atoms with Gasteiger partial charge in [-0.3, -0.25) is 4.79 Å². The first kappa shape index (κ1) is 12.1. The van der Waals surface area contributed by atoms with E-state index in [4.69, 9.17) is 23.2 Å². The summed E-state index contributed by atoms with van der Waals surface area (Å²) in [5, 5.41) is -1.51. The van der Waals surface area contributed by atoms with Crippen LogP contribution in [0.15, 0.2) is 41.4 Å². The van der Waals surface area contributed by atoms with Crippen LogP contribution in [0, 0.1) is 0 Å². The summed E-state index contributed by atoms with van der Waals surface area (Å²) in [6.45, 7) is 0. The first-order chi connectivity index (χ1) is 8.04. The Balaban J connectivity index is 2.02. The van der Waals surface area contributed by atoms with E-state index >= 15 is 0 Å². The van der Waals surface area contributed by atoms with Crippen molar-refractivity contribution in [2.45, 2.75) is 11.5 Å². The zero-order chi connectivity index (χ0) is 12.5. The second kappa shape index (κ2) is 4.51. The van der Waals surface area contributed by atoms with Crippen LogP contribution in [0.4, 0.5) is 0 Å². The second-order valence-corrected chi connectivity index (χ2v) is 4.47. The molecule has 1 heterocycles. The summed E-state index contributed by atoms with van der Waals surface area (Å²) in [6, 6.07) is 8.78. The smallest absolute Gasteiger partial charge is 0.375 e. The van der Waals surface area contributed by atoms with Crippen molar-refractivity contribution in [1.82, 2.24) is 0 Å². The van der Waals surface area contributed by atoms with Gasteiger partial charge < -0.3 is 4.74 Å². The van der Waals surface area contributed by atoms with Crippen LogP contribution in [0.3, 0.4) is 0 Å². The number of allylic oxidation sites excluding steroid dienone is 1. The number of ether oxygens (including phenoxy) is 1. The maximum Gasteiger partial charge on any atom is 0.375 e. The maximum absolute atomic E-state index is 11.7. The molecule has 1 aromatic carbocycles. The van der Waals surface area contributed by atoms with Crippen LogP contribution in [0.1, 0.15) is 16.8 Å². The molecule has 0 aliphatic carbocycles. The van der Waals surface area contributed by atoms with Crippen LogP contribution in [-0.4, -0.2) is 16.8 Å². The molecule has 0 N–H and O–H groups in total. The van der Waals surface area contributed by atoms with Gasteiger partial charge in [-0.05, 0) is 0 Å². The summed E-state index contributed by atoms with van der Waals surface area (Å²) in [7, 11) is 0. The number of carbonyl (C=O) groups excluding carboxylic acids is 2. The van der Waals surface area contributed by atoms with Crippen molar-refractivity contribution >= 4 is 35.0 Å². The van der Waals surface area contributed by atoms with Gasteiger partial charge >= 0.3 is 11.0 Å². The highest BCUT2D eigenvalue weighted by atomic mass is 35.5. The molecule has 0 aromatic heterocycles. The Bertz CT molecular complexity index is 496. The number of Topliss-reactive ketones (excluding diaryl/α,β-unsaturated/α-hetero) is 1. The van der Waals surface area contributed by atoms with Crippen LogP contribution in [0.5, 0.6) is 0 Å². The van der Waals surface area contributed by atoms with Gasteiger partial charge in [-0.2, -0.15) is 0 Å². The normalized spacial score (nSPS) is 23.2. The molecule has 0 saturated carbocycles. The molecule has 0 bridgehead atoms. The average Bonchev–Trinajstić information content (AvgIpc) is 2.96. The number of halogens is 2. The Labute approximate surface area is 108 Å². The molecule has 1 aliphatic rings. The van der Waals surface area contributed by atoms with Crippen LogP contribution >= 0.6 is 23.2 Å². The second-order valence-electron chi connectivity index (χ2n) is 3.53. The van der Waals surface area contributed by atoms with Crippen molar-refractivity contribution in [3.63, 3.8) is 0 Å². The standard InChI is InChI=1S/C12H8Cl2O3/c13-10(12(14)11(16)17-12)7-6-9(15)8-4-2-1-3-5-8/h1-5,7H,6H2. The lowest BCUT2D eigenvalue weighted by Gasteiger charge is -1.99. The van der Waals surface area contributed by atoms with Crippen LogP contribution < -0.4 is 0 Å². The Hall–Kier alpha value is -1.32. The Kier molecular flexibility index (Phi) is 3.22. The number of ketones is 1. The molecule has 1 fully saturated rings. The molecule has 0 amide bonds. The minimum atomic E-state index is -1.54. The van der Waals surface area contributed by atoms with Crippen molar-refractivity contribution < 1.29 is 14.3 Å². The predicted molar refractivity (Wildman–Crippen MR) is 64.0 cm³/mol. The quantitative estimate of drug-likeness (QED) is 0.480. The molecule has 0 spiro atoms. The molecule has 1 aromatic rings. The number of benzene rings is 1. The molecule has 17 heavy (non-hydrogen) atoms. The molecular formula is C12H8Cl2O3. The third kappa shape index (κ3) is 2.51. The van der Waals surface area contributed by atoms with E-state index in [1.165, 1.54) is 6.08 Å². The fraction of sp³-hybridized carbons (Fsp3) is 0.167. The van der Waals surface area contributed by atoms with Gasteiger partial charge in [0.15, 0.2) is 5.78 Å². The molecule has 5 heteroatoms. The Morgan fingerprint density at radius 2 is 1.94 bits per heavy atom. The average molecular weight is 271 g/mol. The van der Waals surface area contributed by atoms with Gasteiger partial charge in [0.25, 0.3) is 0 Å². The van der Waals surface area contributed by atoms with Crippen LogP contribution in [0.2, 0.25) is 0 Å². The predicted octanol–water partition coefficient (Wildman–Crippen LogP) is 2.87. The minimum absolute atomic E-state index is 0.0356. The SMILES string of the molecule is O=C(CC=C(Cl)C1(Cl)OC1=O)c1ccccc1. The zero-order valence-corrected chi connectivity index (χ0v) is 10.2. The van der Waals surface area contributed by atoms with Crippen molar-refractivity contribution in [3.05, 3.63) is 47.0 Å². The largest absolute Gasteiger partial charge is 0.422 e. The van der Waals surface area contributed by atoms with Gasteiger partial charge in [-0.25, -0.2) is 4.79 Å². The number of rotatable bonds is 4. The lowest BCUT2D eigenvalue weighted by Crippen LogP contribution is -2.04. The summed E-state index contributed by atoms with van der Waals surface area (Å²) >= 11 is 11.5. The maximum atomic E-state index is 11.7. The van der Waals surface area contributed by atoms with E-state index < -0.39 is 11.0 Å². The number of epoxide rings is 1. The molecule has 2 rings (SSSR count). The lowest BCUT2D eigenvalue weighted by atomic mass is 10.1. The van der Waals surface area contributed by atoms with Gasteiger partial charge in [0.2, 0.25) is 0 Å². The van der Waals surface area contributed by atoms with Crippen molar-refractivity contribution in [2.75, 3.05) is 0 Å². The third-order valence-corrected chi connectivity index (χ3v) is 3.28. The number of carbonyl (C=O) groups is 2. The van der Waals surface area contributed by atoms with Crippen molar-refractivity contribution in [1.29, 1.82) is 0 Å². The lowest BCUT2D eigenvalue weighted by molar-refractivity contribution is -0.117. The monoisotopic (exact) mass is 270 g/mol. The third-order valence-electron chi connectivity index (χ3n) is 2.32. The number of cyclic esters (lactones) is 1. The van der Waals surface area contributed by atoms with E-state index in [1.807, 2.05) is 6.07 Å². The first-order valence-electron chi connectivity index (χ1n) is 4.91. The highest BCUT2D eigenvalue weighted by molar-refractivity contribution is 6.49. The summed E-state index contributed by atoms with van der Waals surface area (Å²) in [6.07, 6.45) is 1.47. The number of alkyl halides is 1. The van der Waals surface area contributed by atoms with Gasteiger partial charge in [0.1, 0.15) is 0 Å². The Morgan fingerprint density at radius 3 is 2.47 bits per heavy atom.